The number of rotatable bonds is 4. The first-order chi connectivity index (χ1) is 9.94. The van der Waals surface area contributed by atoms with Crippen molar-refractivity contribution >= 4 is 34.1 Å². The standard InChI is InChI=1S/C14H16ClN3O2S/c1-8-9(2)21-14(16-8)18-13(19)17-10(3)20-12-6-4-11(15)5-7-12/h4-7,10H,1-3H3,(H2,16,17,18,19). The Morgan fingerprint density at radius 1 is 1.33 bits per heavy atom. The minimum atomic E-state index is -0.478. The van der Waals surface area contributed by atoms with Gasteiger partial charge in [-0.05, 0) is 45.0 Å². The van der Waals surface area contributed by atoms with Crippen LogP contribution in [0.15, 0.2) is 24.3 Å². The molecule has 21 heavy (non-hydrogen) atoms. The summed E-state index contributed by atoms with van der Waals surface area (Å²) in [4.78, 5) is 17.2. The van der Waals surface area contributed by atoms with Gasteiger partial charge in [-0.15, -0.1) is 11.3 Å². The number of hydrogen-bond acceptors (Lipinski definition) is 4. The molecule has 0 aliphatic heterocycles. The molecule has 5 nitrogen and oxygen atoms in total. The number of anilines is 1. The maximum Gasteiger partial charge on any atom is 0.323 e. The molecule has 0 radical (unpaired) electrons. The van der Waals surface area contributed by atoms with E-state index in [2.05, 4.69) is 15.6 Å². The van der Waals surface area contributed by atoms with Gasteiger partial charge in [-0.1, -0.05) is 11.6 Å². The number of nitrogens with zero attached hydrogens (tertiary/aromatic N) is 1. The third-order valence-corrected chi connectivity index (χ3v) is 3.95. The van der Waals surface area contributed by atoms with Gasteiger partial charge in [-0.3, -0.25) is 5.32 Å². The fraction of sp³-hybridized carbons (Fsp3) is 0.286. The molecule has 2 amide bonds. The smallest absolute Gasteiger partial charge is 0.323 e. The SMILES string of the molecule is Cc1nc(NC(=O)NC(C)Oc2ccc(Cl)cc2)sc1C. The van der Waals surface area contributed by atoms with Crippen molar-refractivity contribution < 1.29 is 9.53 Å². The number of aryl methyl sites for hydroxylation is 2. The van der Waals surface area contributed by atoms with Crippen LogP contribution >= 0.6 is 22.9 Å². The van der Waals surface area contributed by atoms with Gasteiger partial charge in [-0.2, -0.15) is 0 Å². The summed E-state index contributed by atoms with van der Waals surface area (Å²) in [6.45, 7) is 5.61. The number of hydrogen-bond donors (Lipinski definition) is 2. The summed E-state index contributed by atoms with van der Waals surface area (Å²) in [5, 5.41) is 6.57. The van der Waals surface area contributed by atoms with Gasteiger partial charge in [0.1, 0.15) is 5.75 Å². The molecule has 1 aromatic heterocycles. The highest BCUT2D eigenvalue weighted by molar-refractivity contribution is 7.15. The Morgan fingerprint density at radius 3 is 2.57 bits per heavy atom. The lowest BCUT2D eigenvalue weighted by molar-refractivity contribution is 0.183. The van der Waals surface area contributed by atoms with Crippen LogP contribution in [-0.2, 0) is 0 Å². The lowest BCUT2D eigenvalue weighted by Gasteiger charge is -2.16. The van der Waals surface area contributed by atoms with Crippen molar-refractivity contribution in [3.05, 3.63) is 39.9 Å². The minimum absolute atomic E-state index is 0.356. The molecule has 2 rings (SSSR count). The summed E-state index contributed by atoms with van der Waals surface area (Å²) >= 11 is 7.23. The summed E-state index contributed by atoms with van der Waals surface area (Å²) in [5.41, 5.74) is 0.917. The van der Waals surface area contributed by atoms with E-state index in [1.54, 1.807) is 31.2 Å². The summed E-state index contributed by atoms with van der Waals surface area (Å²) < 4.78 is 5.56. The molecule has 7 heteroatoms. The van der Waals surface area contributed by atoms with E-state index in [4.69, 9.17) is 16.3 Å². The first-order valence-corrected chi connectivity index (χ1v) is 7.57. The lowest BCUT2D eigenvalue weighted by Crippen LogP contribution is -2.39. The van der Waals surface area contributed by atoms with Gasteiger partial charge in [0.05, 0.1) is 5.69 Å². The second-order valence-corrected chi connectivity index (χ2v) is 6.11. The quantitative estimate of drug-likeness (QED) is 0.836. The average Bonchev–Trinajstić information content (AvgIpc) is 2.70. The number of urea groups is 1. The Bertz CT molecular complexity index is 608. The molecule has 2 N–H and O–H groups in total. The molecule has 0 fully saturated rings. The molecular weight excluding hydrogens is 310 g/mol. The van der Waals surface area contributed by atoms with Crippen LogP contribution in [0.4, 0.5) is 9.93 Å². The monoisotopic (exact) mass is 325 g/mol. The summed E-state index contributed by atoms with van der Waals surface area (Å²) in [6.07, 6.45) is -0.478. The number of benzene rings is 1. The van der Waals surface area contributed by atoms with Gasteiger partial charge in [0, 0.05) is 9.90 Å². The predicted molar refractivity (Wildman–Crippen MR) is 85.3 cm³/mol. The lowest BCUT2D eigenvalue weighted by atomic mass is 10.3. The Kier molecular flexibility index (Phi) is 5.03. The number of nitrogens with one attached hydrogen (secondary N) is 2. The number of thiazole rings is 1. The second-order valence-electron chi connectivity index (χ2n) is 4.47. The number of carbonyl (C=O) groups is 1. The third kappa shape index (κ3) is 4.61. The molecule has 1 aromatic carbocycles. The molecule has 0 aliphatic rings. The van der Waals surface area contributed by atoms with E-state index >= 15 is 0 Å². The molecule has 0 spiro atoms. The Hall–Kier alpha value is -1.79. The van der Waals surface area contributed by atoms with Crippen molar-refractivity contribution in [3.63, 3.8) is 0 Å². The molecule has 0 saturated heterocycles. The van der Waals surface area contributed by atoms with Crippen LogP contribution < -0.4 is 15.4 Å². The van der Waals surface area contributed by atoms with Crippen molar-refractivity contribution in [2.24, 2.45) is 0 Å². The second kappa shape index (κ2) is 6.78. The topological polar surface area (TPSA) is 63.2 Å². The highest BCUT2D eigenvalue weighted by atomic mass is 35.5. The largest absolute Gasteiger partial charge is 0.471 e. The van der Waals surface area contributed by atoms with E-state index in [9.17, 15) is 4.79 Å². The van der Waals surface area contributed by atoms with Gasteiger partial charge >= 0.3 is 6.03 Å². The molecule has 2 aromatic rings. The van der Waals surface area contributed by atoms with Crippen LogP contribution in [0.5, 0.6) is 5.75 Å². The predicted octanol–water partition coefficient (Wildman–Crippen LogP) is 3.96. The molecule has 0 bridgehead atoms. The number of aromatic nitrogens is 1. The molecule has 1 atom stereocenters. The Morgan fingerprint density at radius 2 is 2.00 bits per heavy atom. The first-order valence-electron chi connectivity index (χ1n) is 6.38. The van der Waals surface area contributed by atoms with Gasteiger partial charge in [-0.25, -0.2) is 9.78 Å². The van der Waals surface area contributed by atoms with Crippen LogP contribution in [0.25, 0.3) is 0 Å². The van der Waals surface area contributed by atoms with E-state index in [-0.39, 0.29) is 6.03 Å². The highest BCUT2D eigenvalue weighted by Gasteiger charge is 2.11. The fourth-order valence-corrected chi connectivity index (χ4v) is 2.53. The van der Waals surface area contributed by atoms with E-state index in [1.165, 1.54) is 11.3 Å². The fourth-order valence-electron chi connectivity index (χ4n) is 1.59. The molecular formula is C14H16ClN3O2S. The molecule has 0 saturated carbocycles. The van der Waals surface area contributed by atoms with E-state index in [0.29, 0.717) is 15.9 Å². The van der Waals surface area contributed by atoms with Crippen molar-refractivity contribution in [2.45, 2.75) is 27.0 Å². The van der Waals surface area contributed by atoms with Gasteiger partial charge in [0.25, 0.3) is 0 Å². The van der Waals surface area contributed by atoms with Crippen LogP contribution in [-0.4, -0.2) is 17.2 Å². The van der Waals surface area contributed by atoms with Gasteiger partial charge in [0.15, 0.2) is 11.4 Å². The molecule has 0 aliphatic carbocycles. The van der Waals surface area contributed by atoms with E-state index in [0.717, 1.165) is 10.6 Å². The van der Waals surface area contributed by atoms with E-state index < -0.39 is 6.23 Å². The summed E-state index contributed by atoms with van der Waals surface area (Å²) in [6, 6.07) is 6.58. The molecule has 1 unspecified atom stereocenters. The number of carbonyl (C=O) groups excluding carboxylic acids is 1. The van der Waals surface area contributed by atoms with Crippen molar-refractivity contribution in [1.29, 1.82) is 0 Å². The van der Waals surface area contributed by atoms with Crippen LogP contribution in [0, 0.1) is 13.8 Å². The summed E-state index contributed by atoms with van der Waals surface area (Å²) in [7, 11) is 0. The van der Waals surface area contributed by atoms with Crippen LogP contribution in [0.1, 0.15) is 17.5 Å². The first kappa shape index (κ1) is 15.6. The van der Waals surface area contributed by atoms with Crippen molar-refractivity contribution in [1.82, 2.24) is 10.3 Å². The van der Waals surface area contributed by atoms with Crippen molar-refractivity contribution in [3.8, 4) is 5.75 Å². The molecule has 1 heterocycles. The Balaban J connectivity index is 1.85. The zero-order valence-electron chi connectivity index (χ0n) is 11.9. The van der Waals surface area contributed by atoms with Gasteiger partial charge in [0.2, 0.25) is 0 Å². The van der Waals surface area contributed by atoms with Crippen LogP contribution in [0.2, 0.25) is 5.02 Å². The maximum absolute atomic E-state index is 11.8. The third-order valence-electron chi connectivity index (χ3n) is 2.71. The van der Waals surface area contributed by atoms with E-state index in [1.807, 2.05) is 13.8 Å². The average molecular weight is 326 g/mol. The highest BCUT2D eigenvalue weighted by Crippen LogP contribution is 2.21. The van der Waals surface area contributed by atoms with Crippen molar-refractivity contribution in [2.75, 3.05) is 5.32 Å². The normalized spacial score (nSPS) is 11.8. The zero-order valence-corrected chi connectivity index (χ0v) is 13.5. The van der Waals surface area contributed by atoms with Crippen LogP contribution in [0.3, 0.4) is 0 Å². The minimum Gasteiger partial charge on any atom is -0.471 e. The Labute approximate surface area is 132 Å². The zero-order chi connectivity index (χ0) is 15.4. The number of ether oxygens (including phenoxy) is 1. The maximum atomic E-state index is 11.8. The van der Waals surface area contributed by atoms with Gasteiger partial charge < -0.3 is 10.1 Å². The summed E-state index contributed by atoms with van der Waals surface area (Å²) in [5.74, 6) is 0.633. The number of amides is 2. The molecule has 112 valence electrons. The number of halogens is 1.